The number of alkyl halides is 1. The highest BCUT2D eigenvalue weighted by Gasteiger charge is 2.28. The van der Waals surface area contributed by atoms with Crippen molar-refractivity contribution in [3.05, 3.63) is 60.2 Å². The number of rotatable bonds is 4. The van der Waals surface area contributed by atoms with Crippen LogP contribution in [0.4, 0.5) is 0 Å². The summed E-state index contributed by atoms with van der Waals surface area (Å²) < 4.78 is 5.83. The van der Waals surface area contributed by atoms with Gasteiger partial charge in [0, 0.05) is 12.2 Å². The van der Waals surface area contributed by atoms with Crippen molar-refractivity contribution in [2.75, 3.05) is 6.61 Å². The monoisotopic (exact) mass is 372 g/mol. The maximum Gasteiger partial charge on any atom is 0.179 e. The lowest BCUT2D eigenvalue weighted by Crippen LogP contribution is -2.31. The first-order chi connectivity index (χ1) is 11.3. The van der Waals surface area contributed by atoms with Crippen LogP contribution < -0.4 is 0 Å². The van der Waals surface area contributed by atoms with Crippen LogP contribution in [0.1, 0.15) is 36.0 Å². The fourth-order valence-corrected chi connectivity index (χ4v) is 3.64. The molecule has 3 rings (SSSR count). The maximum absolute atomic E-state index is 12.7. The second-order valence-corrected chi connectivity index (χ2v) is 6.95. The average molecular weight is 373 g/mol. The Hall–Kier alpha value is -1.45. The first-order valence-electron chi connectivity index (χ1n) is 8.21. The molecule has 1 aliphatic rings. The number of hydrogen-bond acceptors (Lipinski definition) is 2. The third-order valence-corrected chi connectivity index (χ3v) is 5.32. The summed E-state index contributed by atoms with van der Waals surface area (Å²) in [5.41, 5.74) is 3.02. The van der Waals surface area contributed by atoms with Gasteiger partial charge in [-0.15, -0.1) is 0 Å². The van der Waals surface area contributed by atoms with Crippen LogP contribution in [0, 0.1) is 0 Å². The van der Waals surface area contributed by atoms with E-state index >= 15 is 0 Å². The Bertz CT molecular complexity index is 628. The predicted octanol–water partition coefficient (Wildman–Crippen LogP) is 5.26. The lowest BCUT2D eigenvalue weighted by Gasteiger charge is -2.20. The number of hydrogen-bond donors (Lipinski definition) is 0. The highest BCUT2D eigenvalue weighted by atomic mass is 79.9. The van der Waals surface area contributed by atoms with E-state index < -0.39 is 0 Å². The van der Waals surface area contributed by atoms with Gasteiger partial charge in [0.05, 0.1) is 6.10 Å². The molecule has 2 atom stereocenters. The molecule has 23 heavy (non-hydrogen) atoms. The van der Waals surface area contributed by atoms with Gasteiger partial charge in [-0.05, 0) is 24.0 Å². The Morgan fingerprint density at radius 1 is 0.957 bits per heavy atom. The third-order valence-electron chi connectivity index (χ3n) is 4.32. The Kier molecular flexibility index (Phi) is 5.63. The van der Waals surface area contributed by atoms with E-state index in [0.717, 1.165) is 42.6 Å². The van der Waals surface area contributed by atoms with E-state index in [-0.39, 0.29) is 16.7 Å². The molecule has 1 heterocycles. The third kappa shape index (κ3) is 4.10. The average Bonchev–Trinajstić information content (AvgIpc) is 2.91. The second kappa shape index (κ2) is 7.89. The lowest BCUT2D eigenvalue weighted by atomic mass is 9.99. The van der Waals surface area contributed by atoms with Gasteiger partial charge >= 0.3 is 0 Å². The first-order valence-corrected chi connectivity index (χ1v) is 9.12. The van der Waals surface area contributed by atoms with E-state index in [1.165, 1.54) is 6.42 Å². The van der Waals surface area contributed by atoms with E-state index in [1.54, 1.807) is 0 Å². The van der Waals surface area contributed by atoms with Gasteiger partial charge in [-0.1, -0.05) is 83.4 Å². The van der Waals surface area contributed by atoms with Gasteiger partial charge in [-0.3, -0.25) is 4.79 Å². The molecule has 0 N–H and O–H groups in total. The number of halogens is 1. The summed E-state index contributed by atoms with van der Waals surface area (Å²) in [4.78, 5) is 12.4. The zero-order valence-corrected chi connectivity index (χ0v) is 14.7. The van der Waals surface area contributed by atoms with Crippen LogP contribution in [0.25, 0.3) is 11.1 Å². The highest BCUT2D eigenvalue weighted by Crippen LogP contribution is 2.25. The Balaban J connectivity index is 1.72. The Labute approximate surface area is 146 Å². The molecular weight excluding hydrogens is 352 g/mol. The Morgan fingerprint density at radius 2 is 1.65 bits per heavy atom. The van der Waals surface area contributed by atoms with Gasteiger partial charge in [0.2, 0.25) is 0 Å². The van der Waals surface area contributed by atoms with E-state index in [4.69, 9.17) is 4.74 Å². The Morgan fingerprint density at radius 3 is 2.39 bits per heavy atom. The predicted molar refractivity (Wildman–Crippen MR) is 97.1 cm³/mol. The van der Waals surface area contributed by atoms with Crippen molar-refractivity contribution in [1.82, 2.24) is 0 Å². The van der Waals surface area contributed by atoms with E-state index in [9.17, 15) is 4.79 Å². The number of carbonyl (C=O) groups is 1. The quantitative estimate of drug-likeness (QED) is 0.540. The lowest BCUT2D eigenvalue weighted by molar-refractivity contribution is 0.0530. The van der Waals surface area contributed by atoms with Crippen LogP contribution in [-0.2, 0) is 4.74 Å². The van der Waals surface area contributed by atoms with Crippen molar-refractivity contribution >= 4 is 21.7 Å². The maximum atomic E-state index is 12.7. The zero-order chi connectivity index (χ0) is 16.1. The largest absolute Gasteiger partial charge is 0.377 e. The number of benzene rings is 2. The van der Waals surface area contributed by atoms with Crippen molar-refractivity contribution < 1.29 is 9.53 Å². The standard InChI is InChI=1S/C20H21BrO2/c21-19(18-9-5-2-6-14-23-18)20(22)17-12-10-16(11-13-17)15-7-3-1-4-8-15/h1,3-4,7-8,10-13,18-19H,2,5-6,9,14H2/t18-,19-/m1/s1. The summed E-state index contributed by atoms with van der Waals surface area (Å²) in [5.74, 6) is 0.108. The van der Waals surface area contributed by atoms with Gasteiger partial charge in [-0.25, -0.2) is 0 Å². The SMILES string of the molecule is O=C(c1ccc(-c2ccccc2)cc1)[C@H](Br)[C@H]1CCCCCO1. The van der Waals surface area contributed by atoms with Crippen LogP contribution in [0.15, 0.2) is 54.6 Å². The van der Waals surface area contributed by atoms with Gasteiger partial charge in [0.1, 0.15) is 4.83 Å². The number of carbonyl (C=O) groups excluding carboxylic acids is 1. The molecule has 1 aliphatic heterocycles. The van der Waals surface area contributed by atoms with Gasteiger partial charge in [-0.2, -0.15) is 0 Å². The van der Waals surface area contributed by atoms with Gasteiger partial charge in [0.15, 0.2) is 5.78 Å². The molecule has 120 valence electrons. The van der Waals surface area contributed by atoms with Gasteiger partial charge < -0.3 is 4.74 Å². The van der Waals surface area contributed by atoms with Crippen molar-refractivity contribution in [3.8, 4) is 11.1 Å². The summed E-state index contributed by atoms with van der Waals surface area (Å²) in [5, 5.41) is 0. The molecule has 2 aromatic rings. The smallest absolute Gasteiger partial charge is 0.179 e. The molecule has 0 unspecified atom stereocenters. The van der Waals surface area contributed by atoms with E-state index in [1.807, 2.05) is 42.5 Å². The molecule has 0 amide bonds. The summed E-state index contributed by atoms with van der Waals surface area (Å²) in [6.07, 6.45) is 4.35. The van der Waals surface area contributed by atoms with Gasteiger partial charge in [0.25, 0.3) is 0 Å². The summed E-state index contributed by atoms with van der Waals surface area (Å²) in [6, 6.07) is 18.0. The minimum atomic E-state index is -0.261. The summed E-state index contributed by atoms with van der Waals surface area (Å²) >= 11 is 3.57. The molecule has 0 bridgehead atoms. The van der Waals surface area contributed by atoms with Crippen LogP contribution in [0.3, 0.4) is 0 Å². The second-order valence-electron chi connectivity index (χ2n) is 5.97. The molecule has 0 saturated carbocycles. The molecule has 0 aromatic heterocycles. The van der Waals surface area contributed by atoms with E-state index in [2.05, 4.69) is 28.1 Å². The molecule has 1 fully saturated rings. The molecular formula is C20H21BrO2. The van der Waals surface area contributed by atoms with Crippen LogP contribution in [0.2, 0.25) is 0 Å². The molecule has 3 heteroatoms. The molecule has 2 aromatic carbocycles. The van der Waals surface area contributed by atoms with Crippen LogP contribution in [-0.4, -0.2) is 23.3 Å². The zero-order valence-electron chi connectivity index (χ0n) is 13.1. The minimum Gasteiger partial charge on any atom is -0.377 e. The van der Waals surface area contributed by atoms with Crippen molar-refractivity contribution in [1.29, 1.82) is 0 Å². The van der Waals surface area contributed by atoms with Crippen LogP contribution in [0.5, 0.6) is 0 Å². The number of ether oxygens (including phenoxy) is 1. The minimum absolute atomic E-state index is 0.0150. The van der Waals surface area contributed by atoms with E-state index in [0.29, 0.717) is 0 Å². The molecule has 0 radical (unpaired) electrons. The molecule has 1 saturated heterocycles. The molecule has 2 nitrogen and oxygen atoms in total. The fourth-order valence-electron chi connectivity index (χ4n) is 2.96. The number of Topliss-reactive ketones (excluding diaryl/α,β-unsaturated/α-hetero) is 1. The van der Waals surface area contributed by atoms with Crippen molar-refractivity contribution in [2.45, 2.75) is 36.6 Å². The topological polar surface area (TPSA) is 26.3 Å². The fraction of sp³-hybridized carbons (Fsp3) is 0.350. The highest BCUT2D eigenvalue weighted by molar-refractivity contribution is 9.10. The normalized spacial score (nSPS) is 19.8. The first kappa shape index (κ1) is 16.4. The van der Waals surface area contributed by atoms with Crippen molar-refractivity contribution in [2.24, 2.45) is 0 Å². The van der Waals surface area contributed by atoms with Crippen molar-refractivity contribution in [3.63, 3.8) is 0 Å². The summed E-state index contributed by atoms with van der Waals surface area (Å²) in [6.45, 7) is 0.757. The molecule has 0 aliphatic carbocycles. The summed E-state index contributed by atoms with van der Waals surface area (Å²) in [7, 11) is 0. The van der Waals surface area contributed by atoms with Crippen LogP contribution >= 0.6 is 15.9 Å². The molecule has 0 spiro atoms. The number of ketones is 1.